The summed E-state index contributed by atoms with van der Waals surface area (Å²) in [4.78, 5) is 0. The summed E-state index contributed by atoms with van der Waals surface area (Å²) >= 11 is 0. The lowest BCUT2D eigenvalue weighted by molar-refractivity contribution is 0.0510. The summed E-state index contributed by atoms with van der Waals surface area (Å²) in [6, 6.07) is 5.15. The molecule has 0 aliphatic heterocycles. The van der Waals surface area contributed by atoms with Gasteiger partial charge in [0.1, 0.15) is 0 Å². The highest BCUT2D eigenvalue weighted by molar-refractivity contribution is 5.32. The minimum Gasteiger partial charge on any atom is -0.494 e. The molecule has 0 aromatic heterocycles. The summed E-state index contributed by atoms with van der Waals surface area (Å²) in [5, 5.41) is 3.40. The summed E-state index contributed by atoms with van der Waals surface area (Å²) < 4.78 is 24.4. The quantitative estimate of drug-likeness (QED) is 0.824. The lowest BCUT2D eigenvalue weighted by Gasteiger charge is -2.27. The van der Waals surface area contributed by atoms with Crippen LogP contribution in [0.5, 0.6) is 5.75 Å². The van der Waals surface area contributed by atoms with E-state index in [1.165, 1.54) is 20.0 Å². The molecule has 0 radical (unpaired) electrons. The zero-order valence-corrected chi connectivity index (χ0v) is 11.8. The molecule has 1 aliphatic carbocycles. The molecule has 1 N–H and O–H groups in total. The van der Waals surface area contributed by atoms with E-state index in [2.05, 4.69) is 5.32 Å². The van der Waals surface area contributed by atoms with Crippen molar-refractivity contribution in [3.8, 4) is 5.75 Å². The van der Waals surface area contributed by atoms with E-state index < -0.39 is 0 Å². The van der Waals surface area contributed by atoms with E-state index in [0.717, 1.165) is 12.1 Å². The van der Waals surface area contributed by atoms with E-state index in [-0.39, 0.29) is 23.7 Å². The smallest absolute Gasteiger partial charge is 0.165 e. The summed E-state index contributed by atoms with van der Waals surface area (Å²) in [6.07, 6.45) is 2.49. The zero-order valence-electron chi connectivity index (χ0n) is 11.8. The average Bonchev–Trinajstić information content (AvgIpc) is 3.23. The number of likely N-dealkylation sites (N-methyl/N-ethyl adjacent to an activating group) is 1. The van der Waals surface area contributed by atoms with Crippen molar-refractivity contribution in [2.45, 2.75) is 31.9 Å². The number of methoxy groups -OCH3 is 2. The largest absolute Gasteiger partial charge is 0.494 e. The third-order valence-corrected chi connectivity index (χ3v) is 3.65. The Morgan fingerprint density at radius 3 is 2.58 bits per heavy atom. The van der Waals surface area contributed by atoms with Gasteiger partial charge < -0.3 is 14.8 Å². The van der Waals surface area contributed by atoms with Gasteiger partial charge in [-0.3, -0.25) is 0 Å². The molecule has 2 rings (SSSR count). The molecule has 106 valence electrons. The van der Waals surface area contributed by atoms with E-state index in [0.29, 0.717) is 5.92 Å². The first kappa shape index (κ1) is 14.3. The summed E-state index contributed by atoms with van der Waals surface area (Å²) in [6.45, 7) is 2.87. The van der Waals surface area contributed by atoms with Gasteiger partial charge in [0.25, 0.3) is 0 Å². The molecule has 2 atom stereocenters. The van der Waals surface area contributed by atoms with Crippen LogP contribution >= 0.6 is 0 Å². The highest BCUT2D eigenvalue weighted by Crippen LogP contribution is 2.40. The van der Waals surface area contributed by atoms with Gasteiger partial charge in [0.15, 0.2) is 11.6 Å². The van der Waals surface area contributed by atoms with Crippen molar-refractivity contribution in [2.24, 2.45) is 5.92 Å². The number of halogens is 1. The van der Waals surface area contributed by atoms with Crippen LogP contribution in [0.25, 0.3) is 0 Å². The van der Waals surface area contributed by atoms with Crippen LogP contribution in [0, 0.1) is 11.7 Å². The van der Waals surface area contributed by atoms with Gasteiger partial charge in [-0.2, -0.15) is 0 Å². The first-order valence-electron chi connectivity index (χ1n) is 6.80. The van der Waals surface area contributed by atoms with Crippen LogP contribution in [0.15, 0.2) is 18.2 Å². The second kappa shape index (κ2) is 6.35. The van der Waals surface area contributed by atoms with Gasteiger partial charge in [-0.15, -0.1) is 0 Å². The average molecular weight is 267 g/mol. The van der Waals surface area contributed by atoms with E-state index in [9.17, 15) is 4.39 Å². The summed E-state index contributed by atoms with van der Waals surface area (Å²) in [7, 11) is 3.20. The fourth-order valence-corrected chi connectivity index (χ4v) is 2.55. The molecular weight excluding hydrogens is 245 g/mol. The fraction of sp³-hybridized carbons (Fsp3) is 0.600. The van der Waals surface area contributed by atoms with Crippen LogP contribution in [0.1, 0.15) is 31.4 Å². The highest BCUT2D eigenvalue weighted by atomic mass is 19.1. The van der Waals surface area contributed by atoms with Crippen LogP contribution in [-0.4, -0.2) is 26.9 Å². The SMILES string of the molecule is CCNC(c1ccc(OC)c(F)c1)C(OC)C1CC1. The standard InChI is InChI=1S/C15H22FNO2/c1-4-17-14(15(19-3)10-5-6-10)11-7-8-13(18-2)12(16)9-11/h7-10,14-15,17H,4-6H2,1-3H3. The number of hydrogen-bond acceptors (Lipinski definition) is 3. The molecule has 0 saturated heterocycles. The molecule has 19 heavy (non-hydrogen) atoms. The third kappa shape index (κ3) is 3.25. The van der Waals surface area contributed by atoms with Crippen LogP contribution in [-0.2, 0) is 4.74 Å². The number of rotatable bonds is 7. The van der Waals surface area contributed by atoms with Crippen molar-refractivity contribution in [1.82, 2.24) is 5.32 Å². The van der Waals surface area contributed by atoms with Gasteiger partial charge >= 0.3 is 0 Å². The Morgan fingerprint density at radius 2 is 2.11 bits per heavy atom. The molecule has 0 spiro atoms. The molecule has 4 heteroatoms. The van der Waals surface area contributed by atoms with Crippen LogP contribution < -0.4 is 10.1 Å². The number of hydrogen-bond donors (Lipinski definition) is 1. The molecule has 1 fully saturated rings. The van der Waals surface area contributed by atoms with Gasteiger partial charge in [-0.1, -0.05) is 13.0 Å². The maximum absolute atomic E-state index is 13.8. The van der Waals surface area contributed by atoms with Crippen molar-refractivity contribution in [3.05, 3.63) is 29.6 Å². The van der Waals surface area contributed by atoms with Gasteiger partial charge in [-0.05, 0) is 43.0 Å². The van der Waals surface area contributed by atoms with Crippen molar-refractivity contribution < 1.29 is 13.9 Å². The predicted octanol–water partition coefficient (Wildman–Crippen LogP) is 2.91. The Bertz CT molecular complexity index is 421. The van der Waals surface area contributed by atoms with Crippen molar-refractivity contribution in [3.63, 3.8) is 0 Å². The highest BCUT2D eigenvalue weighted by Gasteiger charge is 2.37. The predicted molar refractivity (Wildman–Crippen MR) is 72.9 cm³/mol. The topological polar surface area (TPSA) is 30.5 Å². The van der Waals surface area contributed by atoms with Crippen molar-refractivity contribution >= 4 is 0 Å². The molecule has 3 nitrogen and oxygen atoms in total. The van der Waals surface area contributed by atoms with Gasteiger partial charge in [0, 0.05) is 7.11 Å². The first-order valence-corrected chi connectivity index (χ1v) is 6.80. The maximum Gasteiger partial charge on any atom is 0.165 e. The molecule has 1 aromatic carbocycles. The molecule has 1 saturated carbocycles. The molecule has 0 heterocycles. The molecular formula is C15H22FNO2. The van der Waals surface area contributed by atoms with E-state index in [4.69, 9.17) is 9.47 Å². The summed E-state index contributed by atoms with van der Waals surface area (Å²) in [5.41, 5.74) is 0.916. The summed E-state index contributed by atoms with van der Waals surface area (Å²) in [5.74, 6) is 0.534. The van der Waals surface area contributed by atoms with Gasteiger partial charge in [-0.25, -0.2) is 4.39 Å². The van der Waals surface area contributed by atoms with Crippen LogP contribution in [0.3, 0.4) is 0 Å². The second-order valence-corrected chi connectivity index (χ2v) is 4.97. The number of nitrogens with one attached hydrogen (secondary N) is 1. The van der Waals surface area contributed by atoms with E-state index in [1.807, 2.05) is 13.0 Å². The zero-order chi connectivity index (χ0) is 13.8. The maximum atomic E-state index is 13.8. The molecule has 0 amide bonds. The van der Waals surface area contributed by atoms with Gasteiger partial charge in [0.05, 0.1) is 19.3 Å². The number of ether oxygens (including phenoxy) is 2. The normalized spacial score (nSPS) is 18.1. The Labute approximate surface area is 114 Å². The second-order valence-electron chi connectivity index (χ2n) is 4.97. The van der Waals surface area contributed by atoms with Gasteiger partial charge in [0.2, 0.25) is 0 Å². The minimum absolute atomic E-state index is 0.0305. The molecule has 0 bridgehead atoms. The number of benzene rings is 1. The molecule has 1 aliphatic rings. The van der Waals surface area contributed by atoms with E-state index in [1.54, 1.807) is 19.2 Å². The Hall–Kier alpha value is -1.13. The van der Waals surface area contributed by atoms with Crippen molar-refractivity contribution in [2.75, 3.05) is 20.8 Å². The molecule has 2 unspecified atom stereocenters. The first-order chi connectivity index (χ1) is 9.21. The third-order valence-electron chi connectivity index (χ3n) is 3.65. The Kier molecular flexibility index (Phi) is 4.77. The monoisotopic (exact) mass is 267 g/mol. The minimum atomic E-state index is -0.325. The van der Waals surface area contributed by atoms with Crippen molar-refractivity contribution in [1.29, 1.82) is 0 Å². The Balaban J connectivity index is 2.24. The lowest BCUT2D eigenvalue weighted by Crippen LogP contribution is -2.34. The Morgan fingerprint density at radius 1 is 1.37 bits per heavy atom. The molecule has 1 aromatic rings. The van der Waals surface area contributed by atoms with Crippen LogP contribution in [0.4, 0.5) is 4.39 Å². The lowest BCUT2D eigenvalue weighted by atomic mass is 9.97. The fourth-order valence-electron chi connectivity index (χ4n) is 2.55. The van der Waals surface area contributed by atoms with Crippen LogP contribution in [0.2, 0.25) is 0 Å². The van der Waals surface area contributed by atoms with E-state index >= 15 is 0 Å².